The van der Waals surface area contributed by atoms with Crippen molar-refractivity contribution >= 4 is 17.6 Å². The Kier molecular flexibility index (Phi) is 5.65. The second kappa shape index (κ2) is 7.28. The molecule has 1 aliphatic carbocycles. The molecule has 116 valence electrons. The van der Waals surface area contributed by atoms with Gasteiger partial charge in [-0.05, 0) is 48.8 Å². The Morgan fingerprint density at radius 2 is 1.95 bits per heavy atom. The average molecular weight is 310 g/mol. The molecule has 0 spiro atoms. The first-order valence-corrected chi connectivity index (χ1v) is 7.98. The van der Waals surface area contributed by atoms with E-state index in [1.807, 2.05) is 24.3 Å². The summed E-state index contributed by atoms with van der Waals surface area (Å²) in [6, 6.07) is 7.85. The number of methoxy groups -OCH3 is 1. The summed E-state index contributed by atoms with van der Waals surface area (Å²) in [6.45, 7) is 4.23. The second-order valence-corrected chi connectivity index (χ2v) is 6.68. The average Bonchev–Trinajstić information content (AvgIpc) is 3.28. The van der Waals surface area contributed by atoms with Gasteiger partial charge < -0.3 is 4.74 Å². The van der Waals surface area contributed by atoms with Crippen molar-refractivity contribution in [3.8, 4) is 0 Å². The van der Waals surface area contributed by atoms with Gasteiger partial charge in [-0.1, -0.05) is 37.6 Å². The van der Waals surface area contributed by atoms with Crippen LogP contribution >= 0.6 is 11.6 Å². The lowest BCUT2D eigenvalue weighted by atomic mass is 9.98. The molecule has 0 radical (unpaired) electrons. The summed E-state index contributed by atoms with van der Waals surface area (Å²) in [4.78, 5) is 12.0. The molecule has 1 aromatic rings. The van der Waals surface area contributed by atoms with E-state index < -0.39 is 0 Å². The zero-order valence-electron chi connectivity index (χ0n) is 12.9. The van der Waals surface area contributed by atoms with Gasteiger partial charge in [0.05, 0.1) is 7.11 Å². The minimum Gasteiger partial charge on any atom is -0.468 e. The van der Waals surface area contributed by atoms with E-state index in [2.05, 4.69) is 19.2 Å². The summed E-state index contributed by atoms with van der Waals surface area (Å²) >= 11 is 5.96. The van der Waals surface area contributed by atoms with Gasteiger partial charge in [0.15, 0.2) is 0 Å². The Labute approximate surface area is 132 Å². The predicted molar refractivity (Wildman–Crippen MR) is 85.3 cm³/mol. The molecule has 4 heteroatoms. The van der Waals surface area contributed by atoms with E-state index >= 15 is 0 Å². The highest BCUT2D eigenvalue weighted by atomic mass is 35.5. The maximum absolute atomic E-state index is 12.0. The van der Waals surface area contributed by atoms with E-state index in [0.29, 0.717) is 11.8 Å². The first-order valence-electron chi connectivity index (χ1n) is 7.60. The molecule has 0 bridgehead atoms. The van der Waals surface area contributed by atoms with Gasteiger partial charge in [-0.15, -0.1) is 0 Å². The molecule has 1 aliphatic rings. The van der Waals surface area contributed by atoms with Crippen molar-refractivity contribution < 1.29 is 9.53 Å². The fourth-order valence-corrected chi connectivity index (χ4v) is 2.79. The lowest BCUT2D eigenvalue weighted by Gasteiger charge is -2.26. The van der Waals surface area contributed by atoms with Crippen LogP contribution in [0, 0.1) is 11.8 Å². The summed E-state index contributed by atoms with van der Waals surface area (Å²) < 4.78 is 4.95. The molecule has 0 heterocycles. The van der Waals surface area contributed by atoms with Crippen molar-refractivity contribution in [2.75, 3.05) is 7.11 Å². The van der Waals surface area contributed by atoms with E-state index in [1.54, 1.807) is 0 Å². The number of carbonyl (C=O) groups is 1. The largest absolute Gasteiger partial charge is 0.468 e. The normalized spacial score (nSPS) is 17.6. The third kappa shape index (κ3) is 4.72. The van der Waals surface area contributed by atoms with Crippen LogP contribution in [0.15, 0.2) is 24.3 Å². The summed E-state index contributed by atoms with van der Waals surface area (Å²) in [5.74, 6) is 0.862. The van der Waals surface area contributed by atoms with Crippen LogP contribution in [0.1, 0.15) is 44.7 Å². The summed E-state index contributed by atoms with van der Waals surface area (Å²) in [5.41, 5.74) is 1.19. The number of nitrogens with one attached hydrogen (secondary N) is 1. The van der Waals surface area contributed by atoms with Gasteiger partial charge >= 0.3 is 5.97 Å². The van der Waals surface area contributed by atoms with Crippen LogP contribution in [0.2, 0.25) is 5.02 Å². The molecule has 3 nitrogen and oxygen atoms in total. The van der Waals surface area contributed by atoms with E-state index in [1.165, 1.54) is 25.5 Å². The number of ether oxygens (including phenoxy) is 1. The van der Waals surface area contributed by atoms with Gasteiger partial charge in [0, 0.05) is 11.1 Å². The molecule has 2 unspecified atom stereocenters. The molecule has 1 N–H and O–H groups in total. The van der Waals surface area contributed by atoms with Gasteiger partial charge in [0.1, 0.15) is 6.04 Å². The standard InChI is InChI=1S/C17H24ClNO2/c1-11(2)10-15(17(20)21-3)19-16(12-4-5-12)13-6-8-14(18)9-7-13/h6-9,11-12,15-16,19H,4-5,10H2,1-3H3. The molecule has 0 saturated heterocycles. The molecule has 0 aromatic heterocycles. The van der Waals surface area contributed by atoms with Crippen molar-refractivity contribution in [3.63, 3.8) is 0 Å². The molecule has 2 atom stereocenters. The Morgan fingerprint density at radius 1 is 1.33 bits per heavy atom. The molecule has 1 saturated carbocycles. The summed E-state index contributed by atoms with van der Waals surface area (Å²) in [7, 11) is 1.45. The van der Waals surface area contributed by atoms with Crippen molar-refractivity contribution in [2.24, 2.45) is 11.8 Å². The topological polar surface area (TPSA) is 38.3 Å². The molecule has 1 aromatic carbocycles. The molecular formula is C17H24ClNO2. The van der Waals surface area contributed by atoms with Crippen LogP contribution in [0.4, 0.5) is 0 Å². The minimum atomic E-state index is -0.253. The Hall–Kier alpha value is -1.06. The lowest BCUT2D eigenvalue weighted by molar-refractivity contribution is -0.143. The Bertz CT molecular complexity index is 468. The summed E-state index contributed by atoms with van der Waals surface area (Å²) in [6.07, 6.45) is 3.19. The fourth-order valence-electron chi connectivity index (χ4n) is 2.67. The quantitative estimate of drug-likeness (QED) is 0.775. The van der Waals surface area contributed by atoms with E-state index in [4.69, 9.17) is 16.3 Å². The van der Waals surface area contributed by atoms with Crippen LogP contribution in [0.25, 0.3) is 0 Å². The number of hydrogen-bond acceptors (Lipinski definition) is 3. The maximum Gasteiger partial charge on any atom is 0.322 e. The van der Waals surface area contributed by atoms with Crippen LogP contribution in [0.5, 0.6) is 0 Å². The van der Waals surface area contributed by atoms with Crippen LogP contribution in [-0.4, -0.2) is 19.1 Å². The highest BCUT2D eigenvalue weighted by molar-refractivity contribution is 6.30. The first kappa shape index (κ1) is 16.3. The highest BCUT2D eigenvalue weighted by Gasteiger charge is 2.35. The maximum atomic E-state index is 12.0. The fraction of sp³-hybridized carbons (Fsp3) is 0.588. The molecule has 0 amide bonds. The number of halogens is 1. The summed E-state index contributed by atoms with van der Waals surface area (Å²) in [5, 5.41) is 4.25. The molecule has 0 aliphatic heterocycles. The van der Waals surface area contributed by atoms with Crippen LogP contribution < -0.4 is 5.32 Å². The predicted octanol–water partition coefficient (Wildman–Crippen LogP) is 3.97. The number of esters is 1. The minimum absolute atomic E-state index is 0.177. The second-order valence-electron chi connectivity index (χ2n) is 6.24. The Morgan fingerprint density at radius 3 is 2.43 bits per heavy atom. The lowest BCUT2D eigenvalue weighted by Crippen LogP contribution is -2.41. The van der Waals surface area contributed by atoms with Crippen molar-refractivity contribution in [3.05, 3.63) is 34.9 Å². The van der Waals surface area contributed by atoms with Gasteiger partial charge in [0.25, 0.3) is 0 Å². The molecular weight excluding hydrogens is 286 g/mol. The number of rotatable bonds is 7. The van der Waals surface area contributed by atoms with E-state index in [9.17, 15) is 4.79 Å². The van der Waals surface area contributed by atoms with Gasteiger partial charge in [-0.2, -0.15) is 0 Å². The van der Waals surface area contributed by atoms with Crippen molar-refractivity contribution in [1.29, 1.82) is 0 Å². The third-order valence-corrected chi connectivity index (χ3v) is 4.15. The van der Waals surface area contributed by atoms with Crippen LogP contribution in [-0.2, 0) is 9.53 Å². The number of carbonyl (C=O) groups excluding carboxylic acids is 1. The molecule has 21 heavy (non-hydrogen) atoms. The molecule has 1 fully saturated rings. The number of benzene rings is 1. The molecule has 2 rings (SSSR count). The zero-order valence-corrected chi connectivity index (χ0v) is 13.7. The first-order chi connectivity index (χ1) is 10.0. The van der Waals surface area contributed by atoms with Gasteiger partial charge in [-0.3, -0.25) is 10.1 Å². The van der Waals surface area contributed by atoms with E-state index in [-0.39, 0.29) is 18.1 Å². The smallest absolute Gasteiger partial charge is 0.322 e. The van der Waals surface area contributed by atoms with E-state index in [0.717, 1.165) is 11.4 Å². The Balaban J connectivity index is 2.13. The van der Waals surface area contributed by atoms with Crippen molar-refractivity contribution in [2.45, 2.75) is 45.2 Å². The highest BCUT2D eigenvalue weighted by Crippen LogP contribution is 2.41. The monoisotopic (exact) mass is 309 g/mol. The van der Waals surface area contributed by atoms with Gasteiger partial charge in [-0.25, -0.2) is 0 Å². The van der Waals surface area contributed by atoms with Gasteiger partial charge in [0.2, 0.25) is 0 Å². The van der Waals surface area contributed by atoms with Crippen molar-refractivity contribution in [1.82, 2.24) is 5.32 Å². The van der Waals surface area contributed by atoms with Crippen LogP contribution in [0.3, 0.4) is 0 Å². The number of hydrogen-bond donors (Lipinski definition) is 1. The SMILES string of the molecule is COC(=O)C(CC(C)C)NC(c1ccc(Cl)cc1)C1CC1. The third-order valence-electron chi connectivity index (χ3n) is 3.90. The zero-order chi connectivity index (χ0) is 15.4.